The van der Waals surface area contributed by atoms with Crippen molar-refractivity contribution >= 4 is 0 Å². The van der Waals surface area contributed by atoms with Gasteiger partial charge in [-0.3, -0.25) is 0 Å². The van der Waals surface area contributed by atoms with Gasteiger partial charge in [0.05, 0.1) is 7.11 Å². The molecule has 0 amide bonds. The van der Waals surface area contributed by atoms with Crippen molar-refractivity contribution in [2.75, 3.05) is 7.11 Å². The first-order valence-corrected chi connectivity index (χ1v) is 4.34. The van der Waals surface area contributed by atoms with Gasteiger partial charge >= 0.3 is 0 Å². The standard InChI is InChI=1S/C10H12FNO/c1-13-7-4-6-2-3-9(12)10(6)8(11)5-7/h4-5,9H,2-3,12H2,1H3. The van der Waals surface area contributed by atoms with E-state index in [9.17, 15) is 4.39 Å². The van der Waals surface area contributed by atoms with Gasteiger partial charge in [-0.1, -0.05) is 0 Å². The molecule has 0 saturated carbocycles. The number of benzene rings is 1. The van der Waals surface area contributed by atoms with Gasteiger partial charge in [0.15, 0.2) is 0 Å². The zero-order valence-corrected chi connectivity index (χ0v) is 7.51. The Bertz CT molecular complexity index is 338. The van der Waals surface area contributed by atoms with Crippen molar-refractivity contribution in [2.45, 2.75) is 18.9 Å². The number of fused-ring (bicyclic) bond motifs is 1. The lowest BCUT2D eigenvalue weighted by atomic mass is 10.1. The van der Waals surface area contributed by atoms with Crippen molar-refractivity contribution in [3.8, 4) is 5.75 Å². The summed E-state index contributed by atoms with van der Waals surface area (Å²) in [6.07, 6.45) is 1.68. The molecule has 1 aromatic carbocycles. The SMILES string of the molecule is COc1cc(F)c2c(c1)CCC2N. The Morgan fingerprint density at radius 2 is 2.31 bits per heavy atom. The van der Waals surface area contributed by atoms with Crippen LogP contribution < -0.4 is 10.5 Å². The highest BCUT2D eigenvalue weighted by molar-refractivity contribution is 5.41. The number of rotatable bonds is 1. The van der Waals surface area contributed by atoms with E-state index in [1.54, 1.807) is 0 Å². The van der Waals surface area contributed by atoms with Crippen molar-refractivity contribution in [3.63, 3.8) is 0 Å². The van der Waals surface area contributed by atoms with Crippen molar-refractivity contribution < 1.29 is 9.13 Å². The fourth-order valence-electron chi connectivity index (χ4n) is 1.84. The molecule has 1 atom stereocenters. The molecule has 1 unspecified atom stereocenters. The Balaban J connectivity index is 2.53. The topological polar surface area (TPSA) is 35.2 Å². The lowest BCUT2D eigenvalue weighted by molar-refractivity contribution is 0.410. The van der Waals surface area contributed by atoms with E-state index in [0.717, 1.165) is 18.4 Å². The zero-order valence-electron chi connectivity index (χ0n) is 7.51. The minimum Gasteiger partial charge on any atom is -0.497 e. The Hall–Kier alpha value is -1.09. The van der Waals surface area contributed by atoms with Crippen molar-refractivity contribution in [1.29, 1.82) is 0 Å². The zero-order chi connectivity index (χ0) is 9.42. The molecule has 0 spiro atoms. The first-order valence-electron chi connectivity index (χ1n) is 4.34. The molecule has 0 saturated heterocycles. The minimum absolute atomic E-state index is 0.138. The van der Waals surface area contributed by atoms with Gasteiger partial charge in [0.2, 0.25) is 0 Å². The molecule has 2 rings (SSSR count). The molecule has 0 heterocycles. The van der Waals surface area contributed by atoms with Gasteiger partial charge in [0.1, 0.15) is 11.6 Å². The van der Waals surface area contributed by atoms with E-state index in [1.165, 1.54) is 13.2 Å². The molecular formula is C10H12FNO. The number of aryl methyl sites for hydroxylation is 1. The number of methoxy groups -OCH3 is 1. The number of hydrogen-bond donors (Lipinski definition) is 1. The summed E-state index contributed by atoms with van der Waals surface area (Å²) in [5.41, 5.74) is 7.42. The third-order valence-electron chi connectivity index (χ3n) is 2.52. The maximum atomic E-state index is 13.4. The number of halogens is 1. The molecule has 70 valence electrons. The first kappa shape index (κ1) is 8.51. The second-order valence-corrected chi connectivity index (χ2v) is 3.33. The highest BCUT2D eigenvalue weighted by Gasteiger charge is 2.23. The third kappa shape index (κ3) is 1.29. The Kier molecular flexibility index (Phi) is 1.96. The van der Waals surface area contributed by atoms with Crippen LogP contribution in [0.3, 0.4) is 0 Å². The molecule has 0 aromatic heterocycles. The highest BCUT2D eigenvalue weighted by atomic mass is 19.1. The van der Waals surface area contributed by atoms with Crippen molar-refractivity contribution in [3.05, 3.63) is 29.1 Å². The maximum absolute atomic E-state index is 13.4. The predicted molar refractivity (Wildman–Crippen MR) is 48.2 cm³/mol. The number of hydrogen-bond acceptors (Lipinski definition) is 2. The molecule has 0 bridgehead atoms. The molecule has 13 heavy (non-hydrogen) atoms. The summed E-state index contributed by atoms with van der Waals surface area (Å²) in [5.74, 6) is 0.338. The summed E-state index contributed by atoms with van der Waals surface area (Å²) in [7, 11) is 1.54. The molecule has 2 nitrogen and oxygen atoms in total. The largest absolute Gasteiger partial charge is 0.497 e. The van der Waals surface area contributed by atoms with Crippen LogP contribution in [-0.2, 0) is 6.42 Å². The van der Waals surface area contributed by atoms with Crippen LogP contribution in [0.25, 0.3) is 0 Å². The van der Waals surface area contributed by atoms with Crippen LogP contribution in [-0.4, -0.2) is 7.11 Å². The van der Waals surface area contributed by atoms with Crippen LogP contribution >= 0.6 is 0 Å². The van der Waals surface area contributed by atoms with Crippen LogP contribution in [0.5, 0.6) is 5.75 Å². The first-order chi connectivity index (χ1) is 6.22. The fraction of sp³-hybridized carbons (Fsp3) is 0.400. The van der Waals surface area contributed by atoms with Gasteiger partial charge < -0.3 is 10.5 Å². The normalized spacial score (nSPS) is 20.1. The van der Waals surface area contributed by atoms with Crippen molar-refractivity contribution in [1.82, 2.24) is 0 Å². The molecule has 3 heteroatoms. The lowest BCUT2D eigenvalue weighted by Gasteiger charge is -2.08. The van der Waals surface area contributed by atoms with E-state index in [-0.39, 0.29) is 11.9 Å². The van der Waals surface area contributed by atoms with Crippen LogP contribution in [0.4, 0.5) is 4.39 Å². The van der Waals surface area contributed by atoms with Gasteiger partial charge in [-0.05, 0) is 24.5 Å². The quantitative estimate of drug-likeness (QED) is 0.716. The molecule has 0 aliphatic heterocycles. The second-order valence-electron chi connectivity index (χ2n) is 3.33. The highest BCUT2D eigenvalue weighted by Crippen LogP contribution is 2.34. The number of ether oxygens (including phenoxy) is 1. The molecule has 0 radical (unpaired) electrons. The van der Waals surface area contributed by atoms with Gasteiger partial charge in [-0.25, -0.2) is 4.39 Å². The van der Waals surface area contributed by atoms with E-state index in [1.807, 2.05) is 6.07 Å². The molecule has 1 aliphatic rings. The number of nitrogens with two attached hydrogens (primary N) is 1. The van der Waals surface area contributed by atoms with Gasteiger partial charge in [-0.2, -0.15) is 0 Å². The van der Waals surface area contributed by atoms with Gasteiger partial charge in [0, 0.05) is 17.7 Å². The Morgan fingerprint density at radius 1 is 1.54 bits per heavy atom. The molecule has 1 aliphatic carbocycles. The maximum Gasteiger partial charge on any atom is 0.131 e. The summed E-state index contributed by atoms with van der Waals surface area (Å²) in [5, 5.41) is 0. The summed E-state index contributed by atoms with van der Waals surface area (Å²) in [6, 6.07) is 3.12. The summed E-state index contributed by atoms with van der Waals surface area (Å²) in [4.78, 5) is 0. The Labute approximate surface area is 76.5 Å². The smallest absolute Gasteiger partial charge is 0.131 e. The summed E-state index contributed by atoms with van der Waals surface area (Å²) >= 11 is 0. The average Bonchev–Trinajstić information content (AvgIpc) is 2.48. The summed E-state index contributed by atoms with van der Waals surface area (Å²) < 4.78 is 18.4. The molecule has 1 aromatic rings. The van der Waals surface area contributed by atoms with Crippen LogP contribution in [0.15, 0.2) is 12.1 Å². The minimum atomic E-state index is -0.237. The van der Waals surface area contributed by atoms with Crippen LogP contribution in [0, 0.1) is 5.82 Å². The van der Waals surface area contributed by atoms with Crippen LogP contribution in [0.2, 0.25) is 0 Å². The Morgan fingerprint density at radius 3 is 3.00 bits per heavy atom. The van der Waals surface area contributed by atoms with Gasteiger partial charge in [0.25, 0.3) is 0 Å². The van der Waals surface area contributed by atoms with Crippen molar-refractivity contribution in [2.24, 2.45) is 5.73 Å². The van der Waals surface area contributed by atoms with E-state index >= 15 is 0 Å². The van der Waals surface area contributed by atoms with Gasteiger partial charge in [-0.15, -0.1) is 0 Å². The van der Waals surface area contributed by atoms with E-state index < -0.39 is 0 Å². The second kappa shape index (κ2) is 3.00. The fourth-order valence-corrected chi connectivity index (χ4v) is 1.84. The summed E-state index contributed by atoms with van der Waals surface area (Å²) in [6.45, 7) is 0. The molecule has 0 fully saturated rings. The van der Waals surface area contributed by atoms with Crippen LogP contribution in [0.1, 0.15) is 23.6 Å². The van der Waals surface area contributed by atoms with E-state index in [2.05, 4.69) is 0 Å². The predicted octanol–water partition coefficient (Wildman–Crippen LogP) is 1.78. The van der Waals surface area contributed by atoms with E-state index in [4.69, 9.17) is 10.5 Å². The monoisotopic (exact) mass is 181 g/mol. The molecular weight excluding hydrogens is 169 g/mol. The van der Waals surface area contributed by atoms with E-state index in [0.29, 0.717) is 11.3 Å². The third-order valence-corrected chi connectivity index (χ3v) is 2.52. The average molecular weight is 181 g/mol. The molecule has 2 N–H and O–H groups in total. The lowest BCUT2D eigenvalue weighted by Crippen LogP contribution is -2.07.